The molecule has 0 amide bonds. The molecular weight excluding hydrogens is 376 g/mol. The number of aryl methyl sites for hydroxylation is 2. The third kappa shape index (κ3) is 3.02. The van der Waals surface area contributed by atoms with Gasteiger partial charge in [-0.1, -0.05) is 47.1 Å². The molecular formula is C25H24N2O3. The number of Topliss-reactive ketones (excluding diaryl/α,β-unsaturated/α-hetero) is 1. The van der Waals surface area contributed by atoms with Crippen LogP contribution in [0.5, 0.6) is 5.75 Å². The summed E-state index contributed by atoms with van der Waals surface area (Å²) in [4.78, 5) is 13.5. The number of anilines is 1. The first-order chi connectivity index (χ1) is 14.5. The van der Waals surface area contributed by atoms with Crippen LogP contribution in [0.2, 0.25) is 0 Å². The molecule has 2 aliphatic rings. The van der Waals surface area contributed by atoms with E-state index in [0.717, 1.165) is 45.8 Å². The van der Waals surface area contributed by atoms with Crippen LogP contribution in [-0.4, -0.2) is 18.0 Å². The first-order valence-corrected chi connectivity index (χ1v) is 10.2. The quantitative estimate of drug-likeness (QED) is 0.650. The molecule has 0 spiro atoms. The summed E-state index contributed by atoms with van der Waals surface area (Å²) < 4.78 is 10.9. The Morgan fingerprint density at radius 1 is 1.07 bits per heavy atom. The SMILES string of the molecule is COc1ccc([C@@H]2CC(=O)C3=C(C2)Nc2onc(C)c2[C@@H]3c2cccc(C)c2)cc1. The van der Waals surface area contributed by atoms with E-state index >= 15 is 0 Å². The monoisotopic (exact) mass is 400 g/mol. The van der Waals surface area contributed by atoms with Gasteiger partial charge in [0, 0.05) is 23.6 Å². The van der Waals surface area contributed by atoms with Crippen molar-refractivity contribution in [1.29, 1.82) is 0 Å². The van der Waals surface area contributed by atoms with Crippen molar-refractivity contribution in [2.24, 2.45) is 0 Å². The summed E-state index contributed by atoms with van der Waals surface area (Å²) in [6, 6.07) is 16.4. The van der Waals surface area contributed by atoms with Gasteiger partial charge in [-0.2, -0.15) is 0 Å². The van der Waals surface area contributed by atoms with Crippen LogP contribution in [0.3, 0.4) is 0 Å². The molecule has 1 aliphatic heterocycles. The number of rotatable bonds is 3. The van der Waals surface area contributed by atoms with Crippen LogP contribution in [0.15, 0.2) is 64.3 Å². The van der Waals surface area contributed by atoms with Gasteiger partial charge in [-0.05, 0) is 49.4 Å². The summed E-state index contributed by atoms with van der Waals surface area (Å²) in [5.74, 6) is 1.63. The minimum atomic E-state index is -0.147. The van der Waals surface area contributed by atoms with Crippen LogP contribution in [0.25, 0.3) is 0 Å². The summed E-state index contributed by atoms with van der Waals surface area (Å²) in [6.07, 6.45) is 1.25. The molecule has 5 heteroatoms. The van der Waals surface area contributed by atoms with Gasteiger partial charge in [0.2, 0.25) is 5.88 Å². The maximum absolute atomic E-state index is 13.5. The number of methoxy groups -OCH3 is 1. The van der Waals surface area contributed by atoms with E-state index in [1.54, 1.807) is 7.11 Å². The van der Waals surface area contributed by atoms with E-state index in [0.29, 0.717) is 12.3 Å². The van der Waals surface area contributed by atoms with Crippen molar-refractivity contribution < 1.29 is 14.1 Å². The number of benzene rings is 2. The number of ether oxygens (including phenoxy) is 1. The molecule has 1 aromatic heterocycles. The molecule has 152 valence electrons. The maximum Gasteiger partial charge on any atom is 0.233 e. The number of ketones is 1. The van der Waals surface area contributed by atoms with Crippen molar-refractivity contribution in [3.63, 3.8) is 0 Å². The molecule has 0 saturated carbocycles. The van der Waals surface area contributed by atoms with Crippen molar-refractivity contribution in [2.45, 2.75) is 38.5 Å². The Balaban J connectivity index is 1.59. The number of fused-ring (bicyclic) bond motifs is 1. The molecule has 0 saturated heterocycles. The molecule has 5 nitrogen and oxygen atoms in total. The third-order valence-corrected chi connectivity index (χ3v) is 6.22. The molecule has 30 heavy (non-hydrogen) atoms. The Morgan fingerprint density at radius 2 is 1.87 bits per heavy atom. The Labute approximate surface area is 175 Å². The first-order valence-electron chi connectivity index (χ1n) is 10.2. The van der Waals surface area contributed by atoms with Crippen LogP contribution >= 0.6 is 0 Å². The zero-order valence-electron chi connectivity index (χ0n) is 17.4. The fourth-order valence-corrected chi connectivity index (χ4v) is 4.77. The predicted octanol–water partition coefficient (Wildman–Crippen LogP) is 5.26. The van der Waals surface area contributed by atoms with Crippen LogP contribution in [-0.2, 0) is 4.79 Å². The Bertz CT molecular complexity index is 1160. The van der Waals surface area contributed by atoms with Crippen LogP contribution < -0.4 is 10.1 Å². The van der Waals surface area contributed by atoms with Gasteiger partial charge >= 0.3 is 0 Å². The normalized spacial score (nSPS) is 20.4. The van der Waals surface area contributed by atoms with Gasteiger partial charge in [-0.15, -0.1) is 0 Å². The van der Waals surface area contributed by atoms with Gasteiger partial charge < -0.3 is 14.6 Å². The first kappa shape index (κ1) is 18.7. The number of hydrogen-bond acceptors (Lipinski definition) is 5. The second-order valence-corrected chi connectivity index (χ2v) is 8.18. The molecule has 0 unspecified atom stereocenters. The predicted molar refractivity (Wildman–Crippen MR) is 115 cm³/mol. The number of aromatic nitrogens is 1. The van der Waals surface area contributed by atoms with Crippen molar-refractivity contribution >= 4 is 11.7 Å². The highest BCUT2D eigenvalue weighted by atomic mass is 16.5. The summed E-state index contributed by atoms with van der Waals surface area (Å²) in [5.41, 5.74) is 7.00. The average Bonchev–Trinajstić information content (AvgIpc) is 3.12. The van der Waals surface area contributed by atoms with Crippen molar-refractivity contribution in [2.75, 3.05) is 12.4 Å². The van der Waals surface area contributed by atoms with E-state index in [4.69, 9.17) is 9.26 Å². The molecule has 3 aromatic rings. The molecule has 2 heterocycles. The van der Waals surface area contributed by atoms with Crippen LogP contribution in [0.1, 0.15) is 52.6 Å². The number of nitrogens with zero attached hydrogens (tertiary/aromatic N) is 1. The van der Waals surface area contributed by atoms with E-state index in [1.807, 2.05) is 37.3 Å². The lowest BCUT2D eigenvalue weighted by atomic mass is 9.72. The summed E-state index contributed by atoms with van der Waals surface area (Å²) in [5, 5.41) is 7.58. The van der Waals surface area contributed by atoms with Gasteiger partial charge in [-0.3, -0.25) is 4.79 Å². The third-order valence-electron chi connectivity index (χ3n) is 6.22. The van der Waals surface area contributed by atoms with E-state index in [2.05, 4.69) is 35.6 Å². The van der Waals surface area contributed by atoms with Gasteiger partial charge in [-0.25, -0.2) is 0 Å². The molecule has 2 atom stereocenters. The fraction of sp³-hybridized carbons (Fsp3) is 0.280. The average molecular weight is 400 g/mol. The minimum absolute atomic E-state index is 0.124. The zero-order chi connectivity index (χ0) is 20.8. The number of carbonyl (C=O) groups is 1. The Hall–Kier alpha value is -3.34. The topological polar surface area (TPSA) is 64.4 Å². The number of allylic oxidation sites excluding steroid dienone is 2. The van der Waals surface area contributed by atoms with Gasteiger partial charge in [0.05, 0.1) is 18.4 Å². The number of nitrogens with one attached hydrogen (secondary N) is 1. The van der Waals surface area contributed by atoms with Crippen LogP contribution in [0.4, 0.5) is 5.88 Å². The molecule has 0 bridgehead atoms. The van der Waals surface area contributed by atoms with E-state index < -0.39 is 0 Å². The lowest BCUT2D eigenvalue weighted by Crippen LogP contribution is -2.29. The highest BCUT2D eigenvalue weighted by Crippen LogP contribution is 2.49. The van der Waals surface area contributed by atoms with Gasteiger partial charge in [0.1, 0.15) is 5.75 Å². The van der Waals surface area contributed by atoms with Crippen molar-refractivity contribution in [1.82, 2.24) is 5.16 Å². The lowest BCUT2D eigenvalue weighted by molar-refractivity contribution is -0.116. The molecule has 2 aromatic carbocycles. The minimum Gasteiger partial charge on any atom is -0.497 e. The molecule has 1 aliphatic carbocycles. The van der Waals surface area contributed by atoms with E-state index in [9.17, 15) is 4.79 Å². The van der Waals surface area contributed by atoms with Crippen LogP contribution in [0, 0.1) is 13.8 Å². The Morgan fingerprint density at radius 3 is 2.60 bits per heavy atom. The molecule has 0 fully saturated rings. The Kier molecular flexibility index (Phi) is 4.46. The highest BCUT2D eigenvalue weighted by Gasteiger charge is 2.41. The molecule has 5 rings (SSSR count). The van der Waals surface area contributed by atoms with E-state index in [-0.39, 0.29) is 17.6 Å². The molecule has 1 N–H and O–H groups in total. The van der Waals surface area contributed by atoms with Gasteiger partial charge in [0.25, 0.3) is 0 Å². The van der Waals surface area contributed by atoms with Gasteiger partial charge in [0.15, 0.2) is 5.78 Å². The summed E-state index contributed by atoms with van der Waals surface area (Å²) >= 11 is 0. The van der Waals surface area contributed by atoms with E-state index in [1.165, 1.54) is 5.56 Å². The largest absolute Gasteiger partial charge is 0.497 e. The maximum atomic E-state index is 13.5. The smallest absolute Gasteiger partial charge is 0.233 e. The lowest BCUT2D eigenvalue weighted by Gasteiger charge is -2.34. The number of carbonyl (C=O) groups excluding carboxylic acids is 1. The molecule has 0 radical (unpaired) electrons. The van der Waals surface area contributed by atoms with Crippen molar-refractivity contribution in [3.8, 4) is 5.75 Å². The summed E-state index contributed by atoms with van der Waals surface area (Å²) in [6.45, 7) is 4.01. The standard InChI is InChI=1S/C25H24N2O3/c1-14-5-4-6-17(11-14)23-22-15(2)27-30-25(22)26-20-12-18(13-21(28)24(20)23)16-7-9-19(29-3)10-8-16/h4-11,18,23,26H,12-13H2,1-3H3/t18-,23-/m0/s1. The summed E-state index contributed by atoms with van der Waals surface area (Å²) in [7, 11) is 1.66. The number of hydrogen-bond donors (Lipinski definition) is 1. The fourth-order valence-electron chi connectivity index (χ4n) is 4.77. The second kappa shape index (κ2) is 7.17. The zero-order valence-corrected chi connectivity index (χ0v) is 17.4. The van der Waals surface area contributed by atoms with Crippen molar-refractivity contribution in [3.05, 3.63) is 87.7 Å². The second-order valence-electron chi connectivity index (χ2n) is 8.18. The highest BCUT2D eigenvalue weighted by molar-refractivity contribution is 6.01.